The van der Waals surface area contributed by atoms with Crippen LogP contribution in [0, 0.1) is 6.92 Å². The van der Waals surface area contributed by atoms with Crippen molar-refractivity contribution in [3.8, 4) is 17.0 Å². The van der Waals surface area contributed by atoms with Crippen LogP contribution in [0.15, 0.2) is 54.7 Å². The van der Waals surface area contributed by atoms with Gasteiger partial charge in [-0.15, -0.1) is 0 Å². The molecule has 0 unspecified atom stereocenters. The van der Waals surface area contributed by atoms with Gasteiger partial charge in [0.25, 0.3) is 0 Å². The summed E-state index contributed by atoms with van der Waals surface area (Å²) in [4.78, 5) is 7.37. The van der Waals surface area contributed by atoms with Crippen molar-refractivity contribution in [2.75, 3.05) is 18.0 Å². The summed E-state index contributed by atoms with van der Waals surface area (Å²) in [6, 6.07) is 16.0. The Kier molecular flexibility index (Phi) is 4.60. The number of aryl methyl sites for hydroxylation is 1. The van der Waals surface area contributed by atoms with Gasteiger partial charge >= 0.3 is 0 Å². The number of hydrogen-bond donors (Lipinski definition) is 0. The lowest BCUT2D eigenvalue weighted by atomic mass is 9.87. The summed E-state index contributed by atoms with van der Waals surface area (Å²) in [5.74, 6) is 1.99. The first kappa shape index (κ1) is 19.9. The van der Waals surface area contributed by atoms with Crippen LogP contribution < -0.4 is 9.64 Å². The molecule has 0 bridgehead atoms. The van der Waals surface area contributed by atoms with Crippen LogP contribution in [0.5, 0.6) is 5.75 Å². The fourth-order valence-electron chi connectivity index (χ4n) is 5.07. The van der Waals surface area contributed by atoms with E-state index in [0.29, 0.717) is 10.0 Å². The highest BCUT2D eigenvalue weighted by molar-refractivity contribution is 6.43. The van der Waals surface area contributed by atoms with Gasteiger partial charge in [-0.05, 0) is 30.7 Å². The van der Waals surface area contributed by atoms with Gasteiger partial charge < -0.3 is 9.64 Å². The minimum atomic E-state index is -0.0972. The molecular formula is C25H22Cl2N4O. The second-order valence-corrected chi connectivity index (χ2v) is 9.44. The lowest BCUT2D eigenvalue weighted by Crippen LogP contribution is -2.47. The molecular weight excluding hydrogens is 443 g/mol. The zero-order valence-corrected chi connectivity index (χ0v) is 19.2. The predicted molar refractivity (Wildman–Crippen MR) is 128 cm³/mol. The zero-order chi connectivity index (χ0) is 21.9. The third kappa shape index (κ3) is 3.06. The number of aromatic nitrogens is 3. The van der Waals surface area contributed by atoms with Gasteiger partial charge in [-0.25, -0.2) is 9.50 Å². The molecule has 32 heavy (non-hydrogen) atoms. The maximum absolute atomic E-state index is 6.54. The van der Waals surface area contributed by atoms with E-state index in [1.165, 1.54) is 5.56 Å². The van der Waals surface area contributed by atoms with Crippen LogP contribution in [0.4, 0.5) is 5.82 Å². The van der Waals surface area contributed by atoms with E-state index in [0.717, 1.165) is 66.4 Å². The van der Waals surface area contributed by atoms with E-state index in [9.17, 15) is 0 Å². The van der Waals surface area contributed by atoms with Crippen LogP contribution in [0.2, 0.25) is 10.0 Å². The molecule has 2 aliphatic rings. The Bertz CT molecular complexity index is 1310. The Labute approximate surface area is 196 Å². The average molecular weight is 465 g/mol. The van der Waals surface area contributed by atoms with E-state index in [-0.39, 0.29) is 5.60 Å². The average Bonchev–Trinajstić information content (AvgIpc) is 3.41. The minimum absolute atomic E-state index is 0.0972. The van der Waals surface area contributed by atoms with Gasteiger partial charge in [0.2, 0.25) is 0 Å². The first-order valence-electron chi connectivity index (χ1n) is 10.9. The summed E-state index contributed by atoms with van der Waals surface area (Å²) in [7, 11) is 0. The molecule has 1 spiro atoms. The maximum atomic E-state index is 6.54. The molecule has 2 aliphatic heterocycles. The molecule has 0 amide bonds. The predicted octanol–water partition coefficient (Wildman–Crippen LogP) is 5.99. The number of ether oxygens (including phenoxy) is 1. The molecule has 0 saturated carbocycles. The Morgan fingerprint density at radius 3 is 2.62 bits per heavy atom. The number of benzene rings is 2. The van der Waals surface area contributed by atoms with Gasteiger partial charge in [0.1, 0.15) is 16.9 Å². The molecule has 162 valence electrons. The summed E-state index contributed by atoms with van der Waals surface area (Å²) in [6.45, 7) is 3.77. The molecule has 4 aromatic rings. The Morgan fingerprint density at radius 1 is 1.00 bits per heavy atom. The van der Waals surface area contributed by atoms with E-state index in [2.05, 4.69) is 28.2 Å². The zero-order valence-electron chi connectivity index (χ0n) is 17.7. The normalized spacial score (nSPS) is 17.0. The molecule has 1 saturated heterocycles. The first-order chi connectivity index (χ1) is 15.5. The van der Waals surface area contributed by atoms with Crippen molar-refractivity contribution in [3.05, 3.63) is 76.0 Å². The topological polar surface area (TPSA) is 42.7 Å². The third-order valence-corrected chi connectivity index (χ3v) is 7.51. The second-order valence-electron chi connectivity index (χ2n) is 8.66. The number of rotatable bonds is 2. The van der Waals surface area contributed by atoms with E-state index < -0.39 is 0 Å². The standard InChI is InChI=1S/C25H22Cl2N4O/c1-16-23(18-6-4-7-19(26)22(18)27)31-20(9-12-28-31)24(29-16)30-13-10-25(11-14-30)15-17-5-2-3-8-21(17)32-25/h2-9,12H,10-11,13-15H2,1H3. The molecule has 7 heteroatoms. The highest BCUT2D eigenvalue weighted by Gasteiger charge is 2.42. The van der Waals surface area contributed by atoms with Crippen molar-refractivity contribution in [3.63, 3.8) is 0 Å². The van der Waals surface area contributed by atoms with E-state index in [4.69, 9.17) is 32.9 Å². The summed E-state index contributed by atoms with van der Waals surface area (Å²) in [5.41, 5.74) is 4.75. The van der Waals surface area contributed by atoms with Gasteiger partial charge in [0, 0.05) is 37.9 Å². The molecule has 5 nitrogen and oxygen atoms in total. The van der Waals surface area contributed by atoms with Gasteiger partial charge in [-0.1, -0.05) is 53.5 Å². The van der Waals surface area contributed by atoms with E-state index in [1.54, 1.807) is 6.07 Å². The van der Waals surface area contributed by atoms with Crippen molar-refractivity contribution >= 4 is 34.5 Å². The molecule has 0 aliphatic carbocycles. The lowest BCUT2D eigenvalue weighted by Gasteiger charge is -2.39. The van der Waals surface area contributed by atoms with Crippen molar-refractivity contribution in [1.29, 1.82) is 0 Å². The van der Waals surface area contributed by atoms with E-state index >= 15 is 0 Å². The summed E-state index contributed by atoms with van der Waals surface area (Å²) >= 11 is 12.8. The molecule has 0 atom stereocenters. The van der Waals surface area contributed by atoms with Crippen molar-refractivity contribution in [2.24, 2.45) is 0 Å². The fourth-order valence-corrected chi connectivity index (χ4v) is 5.46. The molecule has 4 heterocycles. The largest absolute Gasteiger partial charge is 0.487 e. The highest BCUT2D eigenvalue weighted by Crippen LogP contribution is 2.42. The first-order valence-corrected chi connectivity index (χ1v) is 11.6. The fraction of sp³-hybridized carbons (Fsp3) is 0.280. The Hall–Kier alpha value is -2.76. The minimum Gasteiger partial charge on any atom is -0.487 e. The second kappa shape index (κ2) is 7.39. The summed E-state index contributed by atoms with van der Waals surface area (Å²) < 4.78 is 8.36. The number of hydrogen-bond acceptors (Lipinski definition) is 4. The van der Waals surface area contributed by atoms with Crippen LogP contribution in [-0.4, -0.2) is 33.3 Å². The lowest BCUT2D eigenvalue weighted by molar-refractivity contribution is 0.0667. The quantitative estimate of drug-likeness (QED) is 0.365. The van der Waals surface area contributed by atoms with Crippen LogP contribution >= 0.6 is 23.2 Å². The highest BCUT2D eigenvalue weighted by atomic mass is 35.5. The van der Waals surface area contributed by atoms with Crippen molar-refractivity contribution in [2.45, 2.75) is 31.8 Å². The van der Waals surface area contributed by atoms with Crippen LogP contribution in [0.3, 0.4) is 0 Å². The van der Waals surface area contributed by atoms with Gasteiger partial charge in [-0.3, -0.25) is 0 Å². The third-order valence-electron chi connectivity index (χ3n) is 6.69. The number of nitrogens with zero attached hydrogens (tertiary/aromatic N) is 4. The summed E-state index contributed by atoms with van der Waals surface area (Å²) in [6.07, 6.45) is 4.72. The molecule has 1 fully saturated rings. The smallest absolute Gasteiger partial charge is 0.155 e. The summed E-state index contributed by atoms with van der Waals surface area (Å²) in [5, 5.41) is 5.64. The van der Waals surface area contributed by atoms with Crippen molar-refractivity contribution in [1.82, 2.24) is 14.6 Å². The molecule has 0 N–H and O–H groups in total. The van der Waals surface area contributed by atoms with Crippen molar-refractivity contribution < 1.29 is 4.74 Å². The molecule has 0 radical (unpaired) electrons. The van der Waals surface area contributed by atoms with Crippen LogP contribution in [-0.2, 0) is 6.42 Å². The SMILES string of the molecule is Cc1nc(N2CCC3(CC2)Cc2ccccc2O3)c2ccnn2c1-c1cccc(Cl)c1Cl. The molecule has 2 aromatic heterocycles. The van der Waals surface area contributed by atoms with Gasteiger partial charge in [0.05, 0.1) is 27.6 Å². The Balaban J connectivity index is 1.34. The Morgan fingerprint density at radius 2 is 1.81 bits per heavy atom. The maximum Gasteiger partial charge on any atom is 0.155 e. The molecule has 6 rings (SSSR count). The van der Waals surface area contributed by atoms with Crippen LogP contribution in [0.25, 0.3) is 16.8 Å². The number of fused-ring (bicyclic) bond motifs is 2. The number of halogens is 2. The molecule has 2 aromatic carbocycles. The van der Waals surface area contributed by atoms with Gasteiger partial charge in [0.15, 0.2) is 5.82 Å². The monoisotopic (exact) mass is 464 g/mol. The van der Waals surface area contributed by atoms with E-state index in [1.807, 2.05) is 41.9 Å². The number of piperidine rings is 1. The van der Waals surface area contributed by atoms with Gasteiger partial charge in [-0.2, -0.15) is 5.10 Å². The number of anilines is 1. The number of para-hydroxylation sites is 1. The van der Waals surface area contributed by atoms with Crippen LogP contribution in [0.1, 0.15) is 24.1 Å².